The van der Waals surface area contributed by atoms with Crippen LogP contribution in [0.4, 0.5) is 0 Å². The minimum absolute atomic E-state index is 0.0729. The van der Waals surface area contributed by atoms with Crippen LogP contribution < -0.4 is 21.5 Å². The van der Waals surface area contributed by atoms with Gasteiger partial charge in [0.25, 0.3) is 5.56 Å². The smallest absolute Gasteiger partial charge is 0.294 e. The van der Waals surface area contributed by atoms with Crippen LogP contribution in [-0.2, 0) is 11.3 Å². The zero-order valence-electron chi connectivity index (χ0n) is 12.8. The monoisotopic (exact) mass is 335 g/mol. The molecule has 1 heterocycles. The molecular formula is C14H17N5O3S. The second-order valence-corrected chi connectivity index (χ2v) is 5.56. The highest BCUT2D eigenvalue weighted by Gasteiger charge is 2.10. The largest absolute Gasteiger partial charge is 0.496 e. The third-order valence-corrected chi connectivity index (χ3v) is 3.96. The van der Waals surface area contributed by atoms with E-state index >= 15 is 0 Å². The van der Waals surface area contributed by atoms with Gasteiger partial charge in [0.1, 0.15) is 11.4 Å². The van der Waals surface area contributed by atoms with Crippen LogP contribution in [0.5, 0.6) is 5.75 Å². The van der Waals surface area contributed by atoms with Gasteiger partial charge in [-0.2, -0.15) is 4.68 Å². The first-order chi connectivity index (χ1) is 11.0. The van der Waals surface area contributed by atoms with Gasteiger partial charge in [0.2, 0.25) is 11.1 Å². The number of hydrogen-bond acceptors (Lipinski definition) is 7. The summed E-state index contributed by atoms with van der Waals surface area (Å²) in [5, 5.41) is 10.5. The fourth-order valence-corrected chi connectivity index (χ4v) is 2.48. The van der Waals surface area contributed by atoms with Gasteiger partial charge in [0.15, 0.2) is 0 Å². The number of nitrogens with one attached hydrogen (secondary N) is 1. The van der Waals surface area contributed by atoms with Crippen molar-refractivity contribution in [2.75, 3.05) is 18.7 Å². The number of carbonyl (C=O) groups is 1. The van der Waals surface area contributed by atoms with Gasteiger partial charge in [0.05, 0.1) is 12.9 Å². The van der Waals surface area contributed by atoms with E-state index in [4.69, 9.17) is 10.6 Å². The lowest BCUT2D eigenvalue weighted by molar-refractivity contribution is -0.118. The van der Waals surface area contributed by atoms with E-state index in [9.17, 15) is 9.59 Å². The highest BCUT2D eigenvalue weighted by atomic mass is 32.2. The van der Waals surface area contributed by atoms with E-state index in [2.05, 4.69) is 15.5 Å². The number of para-hydroxylation sites is 1. The number of thioether (sulfide) groups is 1. The molecule has 3 N–H and O–H groups in total. The lowest BCUT2D eigenvalue weighted by Crippen LogP contribution is -2.33. The molecule has 0 bridgehead atoms. The minimum atomic E-state index is -0.433. The molecule has 8 nitrogen and oxygen atoms in total. The number of methoxy groups -OCH3 is 1. The van der Waals surface area contributed by atoms with Gasteiger partial charge in [-0.05, 0) is 13.0 Å². The second-order valence-electron chi connectivity index (χ2n) is 4.62. The maximum Gasteiger partial charge on any atom is 0.294 e. The first kappa shape index (κ1) is 16.8. The van der Waals surface area contributed by atoms with Crippen LogP contribution >= 0.6 is 11.8 Å². The van der Waals surface area contributed by atoms with E-state index in [0.29, 0.717) is 12.3 Å². The molecule has 1 amide bonds. The summed E-state index contributed by atoms with van der Waals surface area (Å²) < 4.78 is 6.11. The number of hydrogen-bond donors (Lipinski definition) is 2. The number of nitrogens with two attached hydrogens (primary N) is 1. The van der Waals surface area contributed by atoms with E-state index < -0.39 is 5.56 Å². The summed E-state index contributed by atoms with van der Waals surface area (Å²) >= 11 is 1.04. The Hall–Kier alpha value is -2.55. The van der Waals surface area contributed by atoms with E-state index in [-0.39, 0.29) is 22.5 Å². The van der Waals surface area contributed by atoms with Crippen molar-refractivity contribution in [3.8, 4) is 5.75 Å². The van der Waals surface area contributed by atoms with Crippen LogP contribution in [0.1, 0.15) is 11.3 Å². The van der Waals surface area contributed by atoms with Crippen molar-refractivity contribution in [2.45, 2.75) is 18.6 Å². The lowest BCUT2D eigenvalue weighted by Gasteiger charge is -2.09. The molecule has 0 fully saturated rings. The summed E-state index contributed by atoms with van der Waals surface area (Å²) in [6.07, 6.45) is 0. The number of rotatable bonds is 6. The number of ether oxygens (including phenoxy) is 1. The molecule has 0 aliphatic rings. The second kappa shape index (κ2) is 7.63. The molecule has 23 heavy (non-hydrogen) atoms. The Kier molecular flexibility index (Phi) is 5.58. The van der Waals surface area contributed by atoms with Gasteiger partial charge >= 0.3 is 0 Å². The first-order valence-corrected chi connectivity index (χ1v) is 7.74. The van der Waals surface area contributed by atoms with Crippen LogP contribution in [-0.4, -0.2) is 33.6 Å². The Bertz CT molecular complexity index is 762. The molecule has 0 aliphatic heterocycles. The van der Waals surface area contributed by atoms with Crippen molar-refractivity contribution in [2.24, 2.45) is 0 Å². The maximum absolute atomic E-state index is 11.9. The number of aromatic nitrogens is 3. The van der Waals surface area contributed by atoms with Crippen molar-refractivity contribution in [1.82, 2.24) is 20.2 Å². The van der Waals surface area contributed by atoms with Crippen molar-refractivity contribution in [3.05, 3.63) is 45.9 Å². The Morgan fingerprint density at radius 1 is 1.39 bits per heavy atom. The zero-order chi connectivity index (χ0) is 16.8. The van der Waals surface area contributed by atoms with E-state index in [1.807, 2.05) is 24.3 Å². The fourth-order valence-electron chi connectivity index (χ4n) is 1.79. The Balaban J connectivity index is 1.91. The third-order valence-electron chi connectivity index (χ3n) is 3.02. The molecule has 0 saturated heterocycles. The van der Waals surface area contributed by atoms with Gasteiger partial charge in [0, 0.05) is 12.1 Å². The van der Waals surface area contributed by atoms with Crippen LogP contribution in [0.15, 0.2) is 34.2 Å². The Labute approximate surface area is 137 Å². The molecule has 0 aliphatic carbocycles. The topological polar surface area (TPSA) is 112 Å². The highest BCUT2D eigenvalue weighted by Crippen LogP contribution is 2.17. The van der Waals surface area contributed by atoms with E-state index in [0.717, 1.165) is 22.0 Å². The van der Waals surface area contributed by atoms with Crippen LogP contribution in [0, 0.1) is 6.92 Å². The number of aryl methyl sites for hydroxylation is 1. The van der Waals surface area contributed by atoms with Crippen LogP contribution in [0.25, 0.3) is 0 Å². The van der Waals surface area contributed by atoms with Crippen molar-refractivity contribution < 1.29 is 9.53 Å². The molecule has 9 heteroatoms. The van der Waals surface area contributed by atoms with Gasteiger partial charge in [-0.1, -0.05) is 30.0 Å². The average Bonchev–Trinajstić information content (AvgIpc) is 2.57. The van der Waals surface area contributed by atoms with Crippen LogP contribution in [0.3, 0.4) is 0 Å². The SMILES string of the molecule is COc1ccccc1CNC(=O)CSc1nnc(C)c(=O)n1N. The van der Waals surface area contributed by atoms with E-state index in [1.165, 1.54) is 6.92 Å². The summed E-state index contributed by atoms with van der Waals surface area (Å²) in [5.41, 5.74) is 0.647. The molecule has 0 atom stereocenters. The standard InChI is InChI=1S/C14H17N5O3S/c1-9-13(21)19(15)14(18-17-9)23-8-12(20)16-7-10-5-3-4-6-11(10)22-2/h3-6H,7-8,15H2,1-2H3,(H,16,20). The van der Waals surface area contributed by atoms with Gasteiger partial charge in [-0.15, -0.1) is 10.2 Å². The Morgan fingerprint density at radius 3 is 2.87 bits per heavy atom. The molecule has 1 aromatic heterocycles. The maximum atomic E-state index is 11.9. The molecule has 0 spiro atoms. The van der Waals surface area contributed by atoms with Crippen molar-refractivity contribution in [1.29, 1.82) is 0 Å². The Morgan fingerprint density at radius 2 is 2.13 bits per heavy atom. The first-order valence-electron chi connectivity index (χ1n) is 6.75. The summed E-state index contributed by atoms with van der Waals surface area (Å²) in [4.78, 5) is 23.5. The summed E-state index contributed by atoms with van der Waals surface area (Å²) in [6.45, 7) is 1.87. The molecule has 0 radical (unpaired) electrons. The number of amides is 1. The van der Waals surface area contributed by atoms with Gasteiger partial charge in [-0.3, -0.25) is 9.59 Å². The normalized spacial score (nSPS) is 10.3. The molecule has 1 aromatic carbocycles. The third kappa shape index (κ3) is 4.22. The number of nitrogens with zero attached hydrogens (tertiary/aromatic N) is 3. The molecule has 2 aromatic rings. The molecule has 0 unspecified atom stereocenters. The lowest BCUT2D eigenvalue weighted by atomic mass is 10.2. The van der Waals surface area contributed by atoms with Crippen molar-refractivity contribution >= 4 is 17.7 Å². The molecule has 122 valence electrons. The number of benzene rings is 1. The van der Waals surface area contributed by atoms with Gasteiger partial charge < -0.3 is 15.9 Å². The summed E-state index contributed by atoms with van der Waals surface area (Å²) in [7, 11) is 1.58. The quantitative estimate of drug-likeness (QED) is 0.568. The predicted octanol–water partition coefficient (Wildman–Crippen LogP) is 0.0776. The molecular weight excluding hydrogens is 318 g/mol. The average molecular weight is 335 g/mol. The molecule has 0 saturated carbocycles. The summed E-state index contributed by atoms with van der Waals surface area (Å²) in [5.74, 6) is 6.17. The van der Waals surface area contributed by atoms with Crippen molar-refractivity contribution in [3.63, 3.8) is 0 Å². The van der Waals surface area contributed by atoms with Gasteiger partial charge in [-0.25, -0.2) is 0 Å². The predicted molar refractivity (Wildman–Crippen MR) is 86.7 cm³/mol. The fraction of sp³-hybridized carbons (Fsp3) is 0.286. The van der Waals surface area contributed by atoms with E-state index in [1.54, 1.807) is 7.11 Å². The zero-order valence-corrected chi connectivity index (χ0v) is 13.6. The summed E-state index contributed by atoms with van der Waals surface area (Å²) in [6, 6.07) is 7.42. The number of nitrogen functional groups attached to an aromatic ring is 1. The minimum Gasteiger partial charge on any atom is -0.496 e. The highest BCUT2D eigenvalue weighted by molar-refractivity contribution is 7.99. The molecule has 2 rings (SSSR count). The van der Waals surface area contributed by atoms with Crippen LogP contribution in [0.2, 0.25) is 0 Å². The number of carbonyl (C=O) groups excluding carboxylic acids is 1.